The predicted octanol–water partition coefficient (Wildman–Crippen LogP) is 2.72. The van der Waals surface area contributed by atoms with Crippen LogP contribution in [0.15, 0.2) is 18.2 Å². The van der Waals surface area contributed by atoms with Crippen molar-refractivity contribution in [1.82, 2.24) is 0 Å². The van der Waals surface area contributed by atoms with Crippen molar-refractivity contribution in [3.8, 4) is 11.8 Å². The molecule has 0 radical (unpaired) electrons. The second-order valence-corrected chi connectivity index (χ2v) is 2.29. The van der Waals surface area contributed by atoms with E-state index in [2.05, 4.69) is 6.07 Å². The molecule has 0 spiro atoms. The van der Waals surface area contributed by atoms with E-state index in [9.17, 15) is 0 Å². The Morgan fingerprint density at radius 3 is 2.31 bits per heavy atom. The van der Waals surface area contributed by atoms with Crippen LogP contribution >= 0.6 is 24.8 Å². The summed E-state index contributed by atoms with van der Waals surface area (Å²) in [7, 11) is 1.61. The molecule has 4 heteroatoms. The Morgan fingerprint density at radius 1 is 1.31 bits per heavy atom. The predicted molar refractivity (Wildman–Crippen MR) is 56.9 cm³/mol. The monoisotopic (exact) mass is 219 g/mol. The van der Waals surface area contributed by atoms with Gasteiger partial charge < -0.3 is 4.74 Å². The molecule has 0 unspecified atom stereocenters. The molecule has 1 rings (SSSR count). The Morgan fingerprint density at radius 2 is 1.92 bits per heavy atom. The molecule has 1 aromatic rings. The van der Waals surface area contributed by atoms with Crippen molar-refractivity contribution in [1.29, 1.82) is 5.26 Å². The summed E-state index contributed by atoms with van der Waals surface area (Å²) in [6.45, 7) is 1.89. The van der Waals surface area contributed by atoms with E-state index in [0.717, 1.165) is 11.3 Å². The molecule has 0 saturated heterocycles. The summed E-state index contributed by atoms with van der Waals surface area (Å²) >= 11 is 0. The lowest BCUT2D eigenvalue weighted by Crippen LogP contribution is -1.86. The van der Waals surface area contributed by atoms with Crippen molar-refractivity contribution in [2.75, 3.05) is 7.11 Å². The average Bonchev–Trinajstić information content (AvgIpc) is 2.04. The number of nitrogens with zero attached hydrogens (tertiary/aromatic N) is 1. The van der Waals surface area contributed by atoms with Crippen LogP contribution in [0.4, 0.5) is 0 Å². The first kappa shape index (κ1) is 14.6. The molecular formula is C9H11Cl2NO. The first-order chi connectivity index (χ1) is 5.27. The van der Waals surface area contributed by atoms with Gasteiger partial charge in [-0.05, 0) is 30.7 Å². The van der Waals surface area contributed by atoms with Gasteiger partial charge in [-0.1, -0.05) is 0 Å². The molecule has 0 aliphatic rings. The zero-order valence-corrected chi connectivity index (χ0v) is 9.04. The van der Waals surface area contributed by atoms with Crippen molar-refractivity contribution in [3.05, 3.63) is 29.3 Å². The van der Waals surface area contributed by atoms with Crippen LogP contribution in [0.2, 0.25) is 0 Å². The Balaban J connectivity index is 0. The number of hydrogen-bond donors (Lipinski definition) is 0. The molecule has 72 valence electrons. The molecule has 1 aromatic carbocycles. The zero-order chi connectivity index (χ0) is 8.27. The lowest BCUT2D eigenvalue weighted by atomic mass is 10.1. The molecular weight excluding hydrogens is 209 g/mol. The van der Waals surface area contributed by atoms with Gasteiger partial charge in [-0.25, -0.2) is 0 Å². The minimum absolute atomic E-state index is 0. The van der Waals surface area contributed by atoms with Crippen LogP contribution in [0.1, 0.15) is 11.1 Å². The summed E-state index contributed by atoms with van der Waals surface area (Å²) in [5, 5.41) is 8.59. The standard InChI is InChI=1S/C9H9NO.2ClH/c1-7-5-9(11-2)4-3-8(7)6-10;;/h3-5H,1-2H3;2*1H. The smallest absolute Gasteiger partial charge is 0.119 e. The average molecular weight is 220 g/mol. The van der Waals surface area contributed by atoms with E-state index in [1.165, 1.54) is 0 Å². The van der Waals surface area contributed by atoms with E-state index in [-0.39, 0.29) is 24.8 Å². The van der Waals surface area contributed by atoms with Gasteiger partial charge in [0.15, 0.2) is 0 Å². The van der Waals surface area contributed by atoms with Gasteiger partial charge in [0.05, 0.1) is 18.7 Å². The summed E-state index contributed by atoms with van der Waals surface area (Å²) in [5.74, 6) is 0.793. The van der Waals surface area contributed by atoms with Crippen molar-refractivity contribution in [2.45, 2.75) is 6.92 Å². The number of benzene rings is 1. The van der Waals surface area contributed by atoms with Crippen molar-refractivity contribution < 1.29 is 4.74 Å². The quantitative estimate of drug-likeness (QED) is 0.728. The molecule has 0 atom stereocenters. The third-order valence-electron chi connectivity index (χ3n) is 1.55. The minimum atomic E-state index is 0. The van der Waals surface area contributed by atoms with Gasteiger partial charge in [0.2, 0.25) is 0 Å². The second kappa shape index (κ2) is 6.59. The fourth-order valence-corrected chi connectivity index (χ4v) is 0.889. The van der Waals surface area contributed by atoms with Crippen LogP contribution in [-0.2, 0) is 0 Å². The summed E-state index contributed by atoms with van der Waals surface area (Å²) in [6, 6.07) is 7.48. The second-order valence-electron chi connectivity index (χ2n) is 2.29. The normalized spacial score (nSPS) is 7.46. The molecule has 0 bridgehead atoms. The topological polar surface area (TPSA) is 33.0 Å². The van der Waals surface area contributed by atoms with Crippen LogP contribution in [0, 0.1) is 18.3 Å². The highest BCUT2D eigenvalue weighted by Crippen LogP contribution is 2.15. The first-order valence-electron chi connectivity index (χ1n) is 3.32. The number of halogens is 2. The Bertz CT molecular complexity index is 307. The summed E-state index contributed by atoms with van der Waals surface area (Å²) < 4.78 is 4.99. The molecule has 0 heterocycles. The first-order valence-corrected chi connectivity index (χ1v) is 3.32. The van der Waals surface area contributed by atoms with E-state index in [1.54, 1.807) is 19.2 Å². The van der Waals surface area contributed by atoms with Gasteiger partial charge in [-0.3, -0.25) is 0 Å². The molecule has 0 amide bonds. The number of rotatable bonds is 1. The Labute approximate surface area is 90.3 Å². The van der Waals surface area contributed by atoms with Gasteiger partial charge in [0.25, 0.3) is 0 Å². The fraction of sp³-hybridized carbons (Fsp3) is 0.222. The van der Waals surface area contributed by atoms with Crippen LogP contribution in [0.3, 0.4) is 0 Å². The molecule has 0 fully saturated rings. The van der Waals surface area contributed by atoms with Crippen LogP contribution in [-0.4, -0.2) is 7.11 Å². The molecule has 0 aliphatic carbocycles. The van der Waals surface area contributed by atoms with E-state index in [0.29, 0.717) is 5.56 Å². The highest BCUT2D eigenvalue weighted by atomic mass is 35.5. The van der Waals surface area contributed by atoms with E-state index >= 15 is 0 Å². The molecule has 2 nitrogen and oxygen atoms in total. The third-order valence-corrected chi connectivity index (χ3v) is 1.55. The number of methoxy groups -OCH3 is 1. The fourth-order valence-electron chi connectivity index (χ4n) is 0.889. The maximum Gasteiger partial charge on any atom is 0.119 e. The van der Waals surface area contributed by atoms with Gasteiger partial charge in [-0.15, -0.1) is 24.8 Å². The summed E-state index contributed by atoms with van der Waals surface area (Å²) in [6.07, 6.45) is 0. The Kier molecular flexibility index (Phi) is 7.40. The molecule has 0 N–H and O–H groups in total. The molecule has 0 saturated carbocycles. The maximum absolute atomic E-state index is 8.59. The Hall–Kier alpha value is -0.910. The molecule has 0 aliphatic heterocycles. The SMILES string of the molecule is COc1ccc(C#N)c(C)c1.Cl.Cl. The highest BCUT2D eigenvalue weighted by molar-refractivity contribution is 5.85. The van der Waals surface area contributed by atoms with E-state index in [4.69, 9.17) is 10.00 Å². The van der Waals surface area contributed by atoms with Crippen molar-refractivity contribution in [3.63, 3.8) is 0 Å². The van der Waals surface area contributed by atoms with Crippen molar-refractivity contribution in [2.24, 2.45) is 0 Å². The highest BCUT2D eigenvalue weighted by Gasteiger charge is 1.97. The molecule has 0 aromatic heterocycles. The third kappa shape index (κ3) is 3.54. The number of aryl methyl sites for hydroxylation is 1. The van der Waals surface area contributed by atoms with Gasteiger partial charge in [0, 0.05) is 0 Å². The van der Waals surface area contributed by atoms with E-state index < -0.39 is 0 Å². The number of nitriles is 1. The lowest BCUT2D eigenvalue weighted by molar-refractivity contribution is 0.414. The van der Waals surface area contributed by atoms with E-state index in [1.807, 2.05) is 13.0 Å². The maximum atomic E-state index is 8.59. The number of hydrogen-bond acceptors (Lipinski definition) is 2. The van der Waals surface area contributed by atoms with Crippen LogP contribution in [0.25, 0.3) is 0 Å². The van der Waals surface area contributed by atoms with Gasteiger partial charge in [0.1, 0.15) is 5.75 Å². The lowest BCUT2D eigenvalue weighted by Gasteiger charge is -2.00. The van der Waals surface area contributed by atoms with Crippen LogP contribution in [0.5, 0.6) is 5.75 Å². The molecule has 13 heavy (non-hydrogen) atoms. The van der Waals surface area contributed by atoms with Gasteiger partial charge >= 0.3 is 0 Å². The zero-order valence-electron chi connectivity index (χ0n) is 7.40. The van der Waals surface area contributed by atoms with Gasteiger partial charge in [-0.2, -0.15) is 5.26 Å². The summed E-state index contributed by atoms with van der Waals surface area (Å²) in [5.41, 5.74) is 1.65. The minimum Gasteiger partial charge on any atom is -0.497 e. The van der Waals surface area contributed by atoms with Crippen molar-refractivity contribution >= 4 is 24.8 Å². The van der Waals surface area contributed by atoms with Crippen LogP contribution < -0.4 is 4.74 Å². The largest absolute Gasteiger partial charge is 0.497 e. The number of ether oxygens (including phenoxy) is 1. The summed E-state index contributed by atoms with van der Waals surface area (Å²) in [4.78, 5) is 0.